The third-order valence-electron chi connectivity index (χ3n) is 2.89. The molecule has 0 saturated carbocycles. The Labute approximate surface area is 111 Å². The maximum Gasteiger partial charge on any atom is 0.152 e. The molecule has 0 radical (unpaired) electrons. The van der Waals surface area contributed by atoms with Crippen LogP contribution < -0.4 is 5.32 Å². The highest BCUT2D eigenvalue weighted by Gasteiger charge is 2.11. The molecule has 0 unspecified atom stereocenters. The average Bonchev–Trinajstić information content (AvgIpc) is 2.82. The van der Waals surface area contributed by atoms with E-state index in [1.54, 1.807) is 13.1 Å². The topological polar surface area (TPSA) is 29.9 Å². The van der Waals surface area contributed by atoms with E-state index in [0.717, 1.165) is 18.5 Å². The number of aryl methyl sites for hydroxylation is 2. The van der Waals surface area contributed by atoms with Crippen LogP contribution in [0.25, 0.3) is 0 Å². The van der Waals surface area contributed by atoms with Crippen LogP contribution in [-0.2, 0) is 13.1 Å². The Morgan fingerprint density at radius 3 is 2.84 bits per heavy atom. The minimum absolute atomic E-state index is 0.0803. The smallest absolute Gasteiger partial charge is 0.152 e. The third kappa shape index (κ3) is 3.10. The van der Waals surface area contributed by atoms with Crippen LogP contribution in [0.2, 0.25) is 0 Å². The molecule has 2 rings (SSSR count). The van der Waals surface area contributed by atoms with Gasteiger partial charge in [0.25, 0.3) is 0 Å². The molecular formula is C14H17F2N3. The van der Waals surface area contributed by atoms with Gasteiger partial charge in [-0.2, -0.15) is 5.10 Å². The number of hydrogen-bond acceptors (Lipinski definition) is 2. The van der Waals surface area contributed by atoms with Gasteiger partial charge in [-0.1, -0.05) is 13.0 Å². The van der Waals surface area contributed by atoms with Gasteiger partial charge in [-0.3, -0.25) is 4.68 Å². The molecule has 102 valence electrons. The molecule has 1 heterocycles. The maximum atomic E-state index is 13.8. The highest BCUT2D eigenvalue weighted by Crippen LogP contribution is 2.22. The van der Waals surface area contributed by atoms with E-state index >= 15 is 0 Å². The van der Waals surface area contributed by atoms with Crippen LogP contribution in [0.15, 0.2) is 24.5 Å². The summed E-state index contributed by atoms with van der Waals surface area (Å²) in [4.78, 5) is 0. The molecule has 0 fully saturated rings. The van der Waals surface area contributed by atoms with Crippen molar-refractivity contribution in [1.29, 1.82) is 0 Å². The molecule has 2 aromatic rings. The molecule has 1 aromatic carbocycles. The minimum atomic E-state index is -0.580. The molecule has 5 heteroatoms. The number of halogens is 2. The molecule has 0 aliphatic carbocycles. The van der Waals surface area contributed by atoms with Gasteiger partial charge in [0.1, 0.15) is 11.5 Å². The molecule has 0 bridgehead atoms. The first-order valence-corrected chi connectivity index (χ1v) is 6.31. The first-order valence-electron chi connectivity index (χ1n) is 6.31. The van der Waals surface area contributed by atoms with Gasteiger partial charge < -0.3 is 5.32 Å². The molecule has 0 aliphatic rings. The fourth-order valence-electron chi connectivity index (χ4n) is 1.86. The Morgan fingerprint density at radius 2 is 2.11 bits per heavy atom. The van der Waals surface area contributed by atoms with E-state index in [0.29, 0.717) is 12.1 Å². The van der Waals surface area contributed by atoms with Crippen molar-refractivity contribution in [2.24, 2.45) is 0 Å². The van der Waals surface area contributed by atoms with Gasteiger partial charge >= 0.3 is 0 Å². The predicted molar refractivity (Wildman–Crippen MR) is 70.9 cm³/mol. The van der Waals surface area contributed by atoms with Crippen molar-refractivity contribution in [2.45, 2.75) is 33.4 Å². The molecule has 0 atom stereocenters. The first kappa shape index (κ1) is 13.5. The zero-order valence-electron chi connectivity index (χ0n) is 11.1. The Bertz CT molecular complexity index is 564. The molecule has 0 amide bonds. The van der Waals surface area contributed by atoms with Gasteiger partial charge in [0.05, 0.1) is 6.20 Å². The number of nitrogens with zero attached hydrogens (tertiary/aromatic N) is 2. The molecule has 0 spiro atoms. The van der Waals surface area contributed by atoms with Gasteiger partial charge in [-0.05, 0) is 25.0 Å². The van der Waals surface area contributed by atoms with E-state index in [2.05, 4.69) is 17.3 Å². The van der Waals surface area contributed by atoms with Crippen molar-refractivity contribution in [2.75, 3.05) is 5.32 Å². The zero-order chi connectivity index (χ0) is 13.8. The van der Waals surface area contributed by atoms with E-state index in [-0.39, 0.29) is 5.69 Å². The van der Waals surface area contributed by atoms with Crippen LogP contribution in [-0.4, -0.2) is 9.78 Å². The minimum Gasteiger partial charge on any atom is -0.376 e. The number of aromatic nitrogens is 2. The van der Waals surface area contributed by atoms with Crippen LogP contribution in [0.5, 0.6) is 0 Å². The van der Waals surface area contributed by atoms with Gasteiger partial charge in [0, 0.05) is 24.8 Å². The van der Waals surface area contributed by atoms with E-state index < -0.39 is 11.6 Å². The van der Waals surface area contributed by atoms with E-state index in [1.807, 2.05) is 10.9 Å². The Kier molecular flexibility index (Phi) is 4.14. The van der Waals surface area contributed by atoms with Crippen molar-refractivity contribution in [3.8, 4) is 0 Å². The summed E-state index contributed by atoms with van der Waals surface area (Å²) in [6.07, 6.45) is 4.58. The quantitative estimate of drug-likeness (QED) is 0.896. The van der Waals surface area contributed by atoms with Gasteiger partial charge in [0.15, 0.2) is 5.82 Å². The number of anilines is 1. The lowest BCUT2D eigenvalue weighted by Crippen LogP contribution is -2.04. The van der Waals surface area contributed by atoms with E-state index in [9.17, 15) is 8.78 Å². The molecular weight excluding hydrogens is 248 g/mol. The van der Waals surface area contributed by atoms with Crippen molar-refractivity contribution < 1.29 is 8.78 Å². The summed E-state index contributed by atoms with van der Waals surface area (Å²) in [5.41, 5.74) is 1.24. The van der Waals surface area contributed by atoms with Gasteiger partial charge in [0.2, 0.25) is 0 Å². The zero-order valence-corrected chi connectivity index (χ0v) is 11.1. The van der Waals surface area contributed by atoms with Gasteiger partial charge in [-0.15, -0.1) is 0 Å². The first-order chi connectivity index (χ1) is 9.11. The highest BCUT2D eigenvalue weighted by molar-refractivity contribution is 5.49. The van der Waals surface area contributed by atoms with Crippen molar-refractivity contribution in [3.63, 3.8) is 0 Å². The van der Waals surface area contributed by atoms with Crippen molar-refractivity contribution in [3.05, 3.63) is 47.3 Å². The molecule has 3 nitrogen and oxygen atoms in total. The summed E-state index contributed by atoms with van der Waals surface area (Å²) in [5, 5.41) is 6.96. The second-order valence-electron chi connectivity index (χ2n) is 4.52. The predicted octanol–water partition coefficient (Wildman–Crippen LogP) is 3.49. The number of nitrogens with one attached hydrogen (secondary N) is 1. The summed E-state index contributed by atoms with van der Waals surface area (Å²) in [7, 11) is 0. The van der Waals surface area contributed by atoms with Crippen molar-refractivity contribution >= 4 is 5.69 Å². The van der Waals surface area contributed by atoms with Crippen LogP contribution in [0, 0.1) is 18.6 Å². The van der Waals surface area contributed by atoms with Crippen LogP contribution in [0.1, 0.15) is 24.5 Å². The number of hydrogen-bond donors (Lipinski definition) is 1. The second kappa shape index (κ2) is 5.82. The summed E-state index contributed by atoms with van der Waals surface area (Å²) in [5.74, 6) is -1.12. The monoisotopic (exact) mass is 265 g/mol. The Balaban J connectivity index is 2.07. The summed E-state index contributed by atoms with van der Waals surface area (Å²) < 4.78 is 29.1. The lowest BCUT2D eigenvalue weighted by atomic mass is 10.2. The molecule has 1 N–H and O–H groups in total. The lowest BCUT2D eigenvalue weighted by Gasteiger charge is -2.09. The summed E-state index contributed by atoms with van der Waals surface area (Å²) >= 11 is 0. The Morgan fingerprint density at radius 1 is 1.32 bits per heavy atom. The average molecular weight is 265 g/mol. The standard InChI is InChI=1S/C14H17F2N3/c1-3-6-19-9-11(8-18-19)7-17-14-12(15)5-4-10(2)13(14)16/h4-5,8-9,17H,3,6-7H2,1-2H3. The number of benzene rings is 1. The van der Waals surface area contributed by atoms with Crippen LogP contribution in [0.4, 0.5) is 14.5 Å². The number of rotatable bonds is 5. The Hall–Kier alpha value is -1.91. The van der Waals surface area contributed by atoms with E-state index in [4.69, 9.17) is 0 Å². The maximum absolute atomic E-state index is 13.8. The second-order valence-corrected chi connectivity index (χ2v) is 4.52. The summed E-state index contributed by atoms with van der Waals surface area (Å²) in [6.45, 7) is 4.87. The summed E-state index contributed by atoms with van der Waals surface area (Å²) in [6, 6.07) is 2.69. The SMILES string of the molecule is CCCn1cc(CNc2c(F)ccc(C)c2F)cn1. The highest BCUT2D eigenvalue weighted by atomic mass is 19.1. The van der Waals surface area contributed by atoms with E-state index in [1.165, 1.54) is 12.1 Å². The molecule has 1 aromatic heterocycles. The molecule has 0 saturated heterocycles. The molecule has 19 heavy (non-hydrogen) atoms. The molecule has 0 aliphatic heterocycles. The van der Waals surface area contributed by atoms with Gasteiger partial charge in [-0.25, -0.2) is 8.78 Å². The fraction of sp³-hybridized carbons (Fsp3) is 0.357. The fourth-order valence-corrected chi connectivity index (χ4v) is 1.86. The van der Waals surface area contributed by atoms with Crippen molar-refractivity contribution in [1.82, 2.24) is 9.78 Å². The lowest BCUT2D eigenvalue weighted by molar-refractivity contribution is 0.582. The third-order valence-corrected chi connectivity index (χ3v) is 2.89. The largest absolute Gasteiger partial charge is 0.376 e. The van der Waals surface area contributed by atoms with Crippen LogP contribution in [0.3, 0.4) is 0 Å². The van der Waals surface area contributed by atoms with Crippen LogP contribution >= 0.6 is 0 Å². The normalized spacial score (nSPS) is 10.7.